The molecular formula is C21H28Cl2N2O3. The van der Waals surface area contributed by atoms with Crippen LogP contribution in [-0.2, 0) is 0 Å². The van der Waals surface area contributed by atoms with Crippen molar-refractivity contribution in [2.45, 2.75) is 19.1 Å². The van der Waals surface area contributed by atoms with Crippen molar-refractivity contribution in [3.8, 4) is 17.2 Å². The Morgan fingerprint density at radius 2 is 1.61 bits per heavy atom. The van der Waals surface area contributed by atoms with Crippen molar-refractivity contribution in [1.29, 1.82) is 0 Å². The molecule has 2 aliphatic rings. The van der Waals surface area contributed by atoms with Gasteiger partial charge in [-0.25, -0.2) is 0 Å². The van der Waals surface area contributed by atoms with Crippen molar-refractivity contribution in [3.63, 3.8) is 0 Å². The van der Waals surface area contributed by atoms with E-state index >= 15 is 0 Å². The van der Waals surface area contributed by atoms with Gasteiger partial charge in [-0.3, -0.25) is 9.80 Å². The zero-order valence-corrected chi connectivity index (χ0v) is 17.6. The number of hydrogen-bond acceptors (Lipinski definition) is 5. The minimum absolute atomic E-state index is 0. The lowest BCUT2D eigenvalue weighted by atomic mass is 10.0. The topological polar surface area (TPSA) is 45.2 Å². The number of benzene rings is 2. The molecular weight excluding hydrogens is 399 g/mol. The zero-order chi connectivity index (χ0) is 17.9. The second kappa shape index (κ2) is 10.2. The highest BCUT2D eigenvalue weighted by Gasteiger charge is 2.27. The molecule has 2 atom stereocenters. The first-order chi connectivity index (χ1) is 12.7. The third-order valence-corrected chi connectivity index (χ3v) is 5.37. The van der Waals surface area contributed by atoms with Crippen molar-refractivity contribution in [1.82, 2.24) is 9.80 Å². The van der Waals surface area contributed by atoms with Gasteiger partial charge in [-0.05, 0) is 25.1 Å². The fourth-order valence-corrected chi connectivity index (χ4v) is 3.81. The van der Waals surface area contributed by atoms with Crippen LogP contribution >= 0.6 is 24.8 Å². The normalized spacial score (nSPS) is 20.5. The van der Waals surface area contributed by atoms with Gasteiger partial charge in [-0.2, -0.15) is 0 Å². The summed E-state index contributed by atoms with van der Waals surface area (Å²) in [5, 5.41) is 10.1. The van der Waals surface area contributed by atoms with E-state index in [1.54, 1.807) is 6.07 Å². The van der Waals surface area contributed by atoms with Crippen LogP contribution in [-0.4, -0.2) is 60.3 Å². The Kier molecular flexibility index (Phi) is 8.25. The molecule has 0 aromatic heterocycles. The van der Waals surface area contributed by atoms with Gasteiger partial charge in [0.2, 0.25) is 0 Å². The number of nitrogens with zero attached hydrogens (tertiary/aromatic N) is 2. The zero-order valence-electron chi connectivity index (χ0n) is 16.0. The summed E-state index contributed by atoms with van der Waals surface area (Å²) < 4.78 is 11.9. The number of halogens is 2. The summed E-state index contributed by atoms with van der Waals surface area (Å²) in [6, 6.07) is 15.7. The summed E-state index contributed by atoms with van der Waals surface area (Å²) in [7, 11) is 0. The predicted octanol–water partition coefficient (Wildman–Crippen LogP) is 3.75. The van der Waals surface area contributed by atoms with Crippen LogP contribution in [0.25, 0.3) is 0 Å². The van der Waals surface area contributed by atoms with Gasteiger partial charge in [0.25, 0.3) is 0 Å². The first kappa shape index (κ1) is 22.6. The Labute approximate surface area is 179 Å². The molecule has 0 aliphatic carbocycles. The van der Waals surface area contributed by atoms with E-state index < -0.39 is 0 Å². The van der Waals surface area contributed by atoms with Gasteiger partial charge < -0.3 is 14.6 Å². The van der Waals surface area contributed by atoms with Crippen molar-refractivity contribution < 1.29 is 14.6 Å². The van der Waals surface area contributed by atoms with E-state index in [0.29, 0.717) is 12.4 Å². The highest BCUT2D eigenvalue weighted by Crippen LogP contribution is 2.32. The van der Waals surface area contributed by atoms with E-state index in [9.17, 15) is 5.11 Å². The maximum atomic E-state index is 10.1. The fourth-order valence-electron chi connectivity index (χ4n) is 3.81. The number of fused-ring (bicyclic) bond motifs is 1. The van der Waals surface area contributed by atoms with Gasteiger partial charge >= 0.3 is 0 Å². The Morgan fingerprint density at radius 3 is 2.32 bits per heavy atom. The third-order valence-electron chi connectivity index (χ3n) is 5.37. The maximum absolute atomic E-state index is 10.1. The van der Waals surface area contributed by atoms with Crippen LogP contribution in [0.5, 0.6) is 17.2 Å². The minimum atomic E-state index is 0. The number of phenols is 1. The highest BCUT2D eigenvalue weighted by atomic mass is 35.5. The molecule has 2 heterocycles. The van der Waals surface area contributed by atoms with Crippen LogP contribution in [0.15, 0.2) is 48.5 Å². The van der Waals surface area contributed by atoms with Crippen LogP contribution in [0.3, 0.4) is 0 Å². The molecule has 154 valence electrons. The van der Waals surface area contributed by atoms with E-state index in [1.165, 1.54) is 0 Å². The van der Waals surface area contributed by atoms with Crippen LogP contribution < -0.4 is 9.47 Å². The van der Waals surface area contributed by atoms with Crippen molar-refractivity contribution >= 4 is 24.8 Å². The smallest absolute Gasteiger partial charge is 0.161 e. The molecule has 2 aliphatic heterocycles. The molecule has 7 heteroatoms. The van der Waals surface area contributed by atoms with Crippen LogP contribution in [0.1, 0.15) is 18.5 Å². The van der Waals surface area contributed by atoms with Gasteiger partial charge in [-0.1, -0.05) is 30.3 Å². The van der Waals surface area contributed by atoms with Crippen molar-refractivity contribution in [2.24, 2.45) is 0 Å². The van der Waals surface area contributed by atoms with E-state index in [1.807, 2.05) is 42.5 Å². The Hall–Kier alpha value is -1.66. The standard InChI is InChI=1S/C21H26N2O3.2ClH/c1-16(18-6-2-3-7-19(18)24)23-12-10-22(11-13-23)14-17-15-25-20-8-4-5-9-21(20)26-17;;/h2-9,16-17,24H,10-15H2,1H3;2*1H. The van der Waals surface area contributed by atoms with E-state index in [2.05, 4.69) is 16.7 Å². The average molecular weight is 427 g/mol. The molecule has 1 saturated heterocycles. The average Bonchev–Trinajstić information content (AvgIpc) is 2.68. The summed E-state index contributed by atoms with van der Waals surface area (Å²) in [5.41, 5.74) is 1.00. The summed E-state index contributed by atoms with van der Waals surface area (Å²) in [6.07, 6.45) is 0.0760. The molecule has 1 N–H and O–H groups in total. The van der Waals surface area contributed by atoms with E-state index in [0.717, 1.165) is 49.8 Å². The van der Waals surface area contributed by atoms with Gasteiger partial charge in [0, 0.05) is 44.3 Å². The van der Waals surface area contributed by atoms with E-state index in [-0.39, 0.29) is 37.0 Å². The minimum Gasteiger partial charge on any atom is -0.508 e. The highest BCUT2D eigenvalue weighted by molar-refractivity contribution is 5.85. The summed E-state index contributed by atoms with van der Waals surface area (Å²) in [6.45, 7) is 7.62. The molecule has 0 radical (unpaired) electrons. The van der Waals surface area contributed by atoms with Crippen molar-refractivity contribution in [3.05, 3.63) is 54.1 Å². The summed E-state index contributed by atoms with van der Waals surface area (Å²) in [5.74, 6) is 2.06. The maximum Gasteiger partial charge on any atom is 0.161 e. The Bertz CT molecular complexity index is 754. The number of aromatic hydroxyl groups is 1. The molecule has 5 nitrogen and oxygen atoms in total. The van der Waals surface area contributed by atoms with Gasteiger partial charge in [0.15, 0.2) is 11.5 Å². The SMILES string of the molecule is CC(c1ccccc1O)N1CCN(CC2COc3ccccc3O2)CC1.Cl.Cl. The van der Waals surface area contributed by atoms with Gasteiger partial charge in [-0.15, -0.1) is 24.8 Å². The van der Waals surface area contributed by atoms with Gasteiger partial charge in [0.1, 0.15) is 18.5 Å². The molecule has 28 heavy (non-hydrogen) atoms. The Balaban J connectivity index is 0.00000140. The molecule has 2 aromatic carbocycles. The van der Waals surface area contributed by atoms with Crippen LogP contribution in [0, 0.1) is 0 Å². The monoisotopic (exact) mass is 426 g/mol. The predicted molar refractivity (Wildman–Crippen MR) is 115 cm³/mol. The molecule has 4 rings (SSSR count). The Morgan fingerprint density at radius 1 is 0.964 bits per heavy atom. The summed E-state index contributed by atoms with van der Waals surface area (Å²) >= 11 is 0. The number of rotatable bonds is 4. The molecule has 0 spiro atoms. The van der Waals surface area contributed by atoms with E-state index in [4.69, 9.17) is 9.47 Å². The first-order valence-corrected chi connectivity index (χ1v) is 9.33. The third kappa shape index (κ3) is 5.03. The largest absolute Gasteiger partial charge is 0.508 e. The van der Waals surface area contributed by atoms with Crippen LogP contribution in [0.2, 0.25) is 0 Å². The second-order valence-corrected chi connectivity index (χ2v) is 7.07. The van der Waals surface area contributed by atoms with Crippen molar-refractivity contribution in [2.75, 3.05) is 39.3 Å². The number of hydrogen-bond donors (Lipinski definition) is 1. The molecule has 1 fully saturated rings. The lowest BCUT2D eigenvalue weighted by Gasteiger charge is -2.39. The number of ether oxygens (including phenoxy) is 2. The molecule has 0 saturated carbocycles. The first-order valence-electron chi connectivity index (χ1n) is 9.33. The molecule has 2 unspecified atom stereocenters. The molecule has 2 aromatic rings. The second-order valence-electron chi connectivity index (χ2n) is 7.07. The lowest BCUT2D eigenvalue weighted by Crippen LogP contribution is -2.51. The molecule has 0 bridgehead atoms. The fraction of sp³-hybridized carbons (Fsp3) is 0.429. The number of para-hydroxylation sites is 3. The van der Waals surface area contributed by atoms with Gasteiger partial charge in [0.05, 0.1) is 0 Å². The quantitative estimate of drug-likeness (QED) is 0.805. The summed E-state index contributed by atoms with van der Waals surface area (Å²) in [4.78, 5) is 4.87. The van der Waals surface area contributed by atoms with Crippen LogP contribution in [0.4, 0.5) is 0 Å². The lowest BCUT2D eigenvalue weighted by molar-refractivity contribution is 0.0334. The number of phenolic OH excluding ortho intramolecular Hbond substituents is 1. The number of piperazine rings is 1. The molecule has 0 amide bonds.